The lowest BCUT2D eigenvalue weighted by Crippen LogP contribution is -2.47. The van der Waals surface area contributed by atoms with Gasteiger partial charge in [-0.05, 0) is 74.6 Å². The maximum Gasteiger partial charge on any atom is 0.358 e. The topological polar surface area (TPSA) is 93.5 Å². The number of ether oxygens (including phenoxy) is 1. The summed E-state index contributed by atoms with van der Waals surface area (Å²) in [5.74, 6) is -0.341. The maximum absolute atomic E-state index is 13.5. The van der Waals surface area contributed by atoms with Crippen LogP contribution in [-0.4, -0.2) is 51.2 Å². The van der Waals surface area contributed by atoms with Crippen LogP contribution in [0, 0.1) is 5.92 Å². The van der Waals surface area contributed by atoms with Crippen LogP contribution < -0.4 is 5.32 Å². The number of hydrogen-bond donors (Lipinski definition) is 1. The van der Waals surface area contributed by atoms with Gasteiger partial charge in [0.1, 0.15) is 6.04 Å². The average Bonchev–Trinajstić information content (AvgIpc) is 3.55. The zero-order valence-corrected chi connectivity index (χ0v) is 20.3. The van der Waals surface area contributed by atoms with Crippen molar-refractivity contribution >= 4 is 23.5 Å². The number of nitrogens with zero attached hydrogens (tertiary/aromatic N) is 3. The Hall–Kier alpha value is -3.94. The number of carbonyl (C=O) groups excluding carboxylic acids is 3. The number of likely N-dealkylation sites (tertiary alicyclic amines) is 1. The van der Waals surface area contributed by atoms with E-state index in [4.69, 9.17) is 4.74 Å². The van der Waals surface area contributed by atoms with Gasteiger partial charge >= 0.3 is 5.97 Å². The summed E-state index contributed by atoms with van der Waals surface area (Å²) in [5, 5.41) is 7.27. The number of carbonyl (C=O) groups is 3. The summed E-state index contributed by atoms with van der Waals surface area (Å²) in [7, 11) is 0. The summed E-state index contributed by atoms with van der Waals surface area (Å²) >= 11 is 0. The number of anilines is 1. The molecule has 1 aliphatic heterocycles. The van der Waals surface area contributed by atoms with E-state index in [9.17, 15) is 14.4 Å². The van der Waals surface area contributed by atoms with E-state index >= 15 is 0 Å². The summed E-state index contributed by atoms with van der Waals surface area (Å²) in [6.07, 6.45) is 6.61. The Labute approximate surface area is 210 Å². The van der Waals surface area contributed by atoms with Crippen molar-refractivity contribution in [2.24, 2.45) is 5.92 Å². The molecule has 0 radical (unpaired) electrons. The molecule has 2 amide bonds. The van der Waals surface area contributed by atoms with Gasteiger partial charge in [-0.3, -0.25) is 9.59 Å². The lowest BCUT2D eigenvalue weighted by atomic mass is 9.84. The van der Waals surface area contributed by atoms with Gasteiger partial charge in [0.2, 0.25) is 5.91 Å². The second-order valence-corrected chi connectivity index (χ2v) is 9.34. The number of rotatable bonds is 6. The minimum absolute atomic E-state index is 0.0726. The molecular formula is C28H30N4O4. The number of amides is 2. The molecule has 5 rings (SSSR count). The van der Waals surface area contributed by atoms with Crippen LogP contribution in [0.2, 0.25) is 0 Å². The van der Waals surface area contributed by atoms with Crippen molar-refractivity contribution in [1.82, 2.24) is 14.7 Å². The number of esters is 1. The predicted octanol–water partition coefficient (Wildman–Crippen LogP) is 4.46. The molecule has 3 atom stereocenters. The Morgan fingerprint density at radius 1 is 1.00 bits per heavy atom. The Bertz CT molecular complexity index is 1240. The van der Waals surface area contributed by atoms with Crippen molar-refractivity contribution in [3.63, 3.8) is 0 Å². The van der Waals surface area contributed by atoms with Crippen molar-refractivity contribution in [3.8, 4) is 5.69 Å². The Balaban J connectivity index is 1.31. The highest BCUT2D eigenvalue weighted by Crippen LogP contribution is 2.40. The van der Waals surface area contributed by atoms with E-state index in [0.29, 0.717) is 23.6 Å². The van der Waals surface area contributed by atoms with Crippen LogP contribution in [0.15, 0.2) is 66.9 Å². The third kappa shape index (κ3) is 4.76. The van der Waals surface area contributed by atoms with Gasteiger partial charge in [-0.15, -0.1) is 0 Å². The lowest BCUT2D eigenvalue weighted by Gasteiger charge is -2.33. The van der Waals surface area contributed by atoms with E-state index in [2.05, 4.69) is 10.4 Å². The Morgan fingerprint density at radius 3 is 2.50 bits per heavy atom. The summed E-state index contributed by atoms with van der Waals surface area (Å²) in [6, 6.07) is 17.7. The number of benzene rings is 2. The molecule has 8 nitrogen and oxygen atoms in total. The molecule has 36 heavy (non-hydrogen) atoms. The van der Waals surface area contributed by atoms with E-state index in [1.807, 2.05) is 47.4 Å². The second kappa shape index (κ2) is 10.4. The van der Waals surface area contributed by atoms with E-state index in [1.54, 1.807) is 36.0 Å². The third-order valence-corrected chi connectivity index (χ3v) is 7.12. The standard InChI is InChI=1S/C28H30N4O4/c1-2-36-28(35)23-16-17-31(30-23)22-14-12-21(13-15-22)29-26(33)25-18-20-10-6-7-11-24(20)32(25)27(34)19-8-4-3-5-9-19/h3-5,8-9,12-17,20,24-25H,2,6-7,10-11,18H2,1H3,(H,29,33). The lowest BCUT2D eigenvalue weighted by molar-refractivity contribution is -0.120. The monoisotopic (exact) mass is 486 g/mol. The smallest absolute Gasteiger partial charge is 0.358 e. The van der Waals surface area contributed by atoms with Crippen LogP contribution in [0.3, 0.4) is 0 Å². The van der Waals surface area contributed by atoms with Crippen molar-refractivity contribution in [1.29, 1.82) is 0 Å². The molecule has 1 N–H and O–H groups in total. The predicted molar refractivity (Wildman–Crippen MR) is 135 cm³/mol. The van der Waals surface area contributed by atoms with Crippen molar-refractivity contribution in [2.45, 2.75) is 51.1 Å². The van der Waals surface area contributed by atoms with Crippen molar-refractivity contribution < 1.29 is 19.1 Å². The van der Waals surface area contributed by atoms with Gasteiger partial charge in [0.05, 0.1) is 12.3 Å². The first kappa shape index (κ1) is 23.8. The first-order valence-electron chi connectivity index (χ1n) is 12.6. The van der Waals surface area contributed by atoms with Crippen LogP contribution in [0.4, 0.5) is 5.69 Å². The summed E-state index contributed by atoms with van der Waals surface area (Å²) < 4.78 is 6.57. The molecule has 2 fully saturated rings. The minimum Gasteiger partial charge on any atom is -0.461 e. The first-order valence-corrected chi connectivity index (χ1v) is 12.6. The van der Waals surface area contributed by atoms with Gasteiger partial charge in [-0.1, -0.05) is 31.0 Å². The summed E-state index contributed by atoms with van der Waals surface area (Å²) in [6.45, 7) is 2.04. The fourth-order valence-corrected chi connectivity index (χ4v) is 5.42. The first-order chi connectivity index (χ1) is 17.5. The normalized spacial score (nSPS) is 21.0. The highest BCUT2D eigenvalue weighted by molar-refractivity contribution is 6.02. The fraction of sp³-hybridized carbons (Fsp3) is 0.357. The van der Waals surface area contributed by atoms with E-state index in [0.717, 1.165) is 31.4 Å². The second-order valence-electron chi connectivity index (χ2n) is 9.34. The molecule has 186 valence electrons. The molecule has 0 bridgehead atoms. The zero-order chi connectivity index (χ0) is 25.1. The van der Waals surface area contributed by atoms with E-state index < -0.39 is 12.0 Å². The number of nitrogens with one attached hydrogen (secondary N) is 1. The van der Waals surface area contributed by atoms with Crippen LogP contribution in [-0.2, 0) is 9.53 Å². The van der Waals surface area contributed by atoms with Gasteiger partial charge < -0.3 is 15.0 Å². The van der Waals surface area contributed by atoms with Gasteiger partial charge in [-0.2, -0.15) is 5.10 Å². The van der Waals surface area contributed by atoms with Crippen LogP contribution in [0.1, 0.15) is 59.9 Å². The third-order valence-electron chi connectivity index (χ3n) is 7.12. The largest absolute Gasteiger partial charge is 0.461 e. The van der Waals surface area contributed by atoms with Crippen LogP contribution in [0.25, 0.3) is 5.69 Å². The summed E-state index contributed by atoms with van der Waals surface area (Å²) in [5.41, 5.74) is 2.24. The fourth-order valence-electron chi connectivity index (χ4n) is 5.42. The van der Waals surface area contributed by atoms with Crippen molar-refractivity contribution in [3.05, 3.63) is 78.1 Å². The number of fused-ring (bicyclic) bond motifs is 1. The molecule has 2 heterocycles. The Kier molecular flexibility index (Phi) is 6.84. The molecule has 0 spiro atoms. The number of hydrogen-bond acceptors (Lipinski definition) is 5. The van der Waals surface area contributed by atoms with Gasteiger partial charge in [0.25, 0.3) is 5.91 Å². The minimum atomic E-state index is -0.497. The van der Waals surface area contributed by atoms with Crippen molar-refractivity contribution in [2.75, 3.05) is 11.9 Å². The molecule has 2 aromatic carbocycles. The van der Waals surface area contributed by atoms with E-state index in [1.165, 1.54) is 0 Å². The SMILES string of the molecule is CCOC(=O)c1ccn(-c2ccc(NC(=O)C3CC4CCCCC4N3C(=O)c3ccccc3)cc2)n1. The molecule has 8 heteroatoms. The highest BCUT2D eigenvalue weighted by atomic mass is 16.5. The molecule has 3 unspecified atom stereocenters. The quantitative estimate of drug-likeness (QED) is 0.519. The van der Waals surface area contributed by atoms with Gasteiger partial charge in [0, 0.05) is 23.5 Å². The summed E-state index contributed by atoms with van der Waals surface area (Å²) in [4.78, 5) is 40.6. The zero-order valence-electron chi connectivity index (χ0n) is 20.3. The van der Waals surface area contributed by atoms with Gasteiger partial charge in [0.15, 0.2) is 5.69 Å². The van der Waals surface area contributed by atoms with Crippen LogP contribution >= 0.6 is 0 Å². The average molecular weight is 487 g/mol. The Morgan fingerprint density at radius 2 is 1.75 bits per heavy atom. The molecule has 1 aromatic heterocycles. The highest BCUT2D eigenvalue weighted by Gasteiger charge is 2.47. The molecule has 2 aliphatic rings. The molecule has 1 saturated carbocycles. The molecular weight excluding hydrogens is 456 g/mol. The van der Waals surface area contributed by atoms with Gasteiger partial charge in [-0.25, -0.2) is 9.48 Å². The van der Waals surface area contributed by atoms with E-state index in [-0.39, 0.29) is 30.2 Å². The molecule has 1 aliphatic carbocycles. The maximum atomic E-state index is 13.5. The number of aromatic nitrogens is 2. The molecule has 3 aromatic rings. The molecule has 1 saturated heterocycles. The van der Waals surface area contributed by atoms with Crippen LogP contribution in [0.5, 0.6) is 0 Å².